The van der Waals surface area contributed by atoms with Gasteiger partial charge in [-0.15, -0.1) is 5.10 Å². The first kappa shape index (κ1) is 16.9. The number of aromatic nitrogens is 4. The van der Waals surface area contributed by atoms with Crippen molar-refractivity contribution in [3.05, 3.63) is 53.6 Å². The van der Waals surface area contributed by atoms with Gasteiger partial charge in [-0.2, -0.15) is 4.98 Å². The third-order valence-corrected chi connectivity index (χ3v) is 4.01. The van der Waals surface area contributed by atoms with Crippen LogP contribution in [0.4, 0.5) is 5.69 Å². The monoisotopic (exact) mass is 338 g/mol. The molecule has 0 saturated heterocycles. The Balaban J connectivity index is 1.66. The number of hydrogen-bond donors (Lipinski definition) is 1. The Morgan fingerprint density at radius 1 is 1.24 bits per heavy atom. The first-order chi connectivity index (χ1) is 11.9. The van der Waals surface area contributed by atoms with Gasteiger partial charge in [0.2, 0.25) is 5.82 Å². The molecule has 0 aliphatic carbocycles. The minimum atomic E-state index is -0.290. The molecule has 2 heterocycles. The highest BCUT2D eigenvalue weighted by Crippen LogP contribution is 2.13. The van der Waals surface area contributed by atoms with Crippen molar-refractivity contribution in [2.45, 2.75) is 26.3 Å². The van der Waals surface area contributed by atoms with Crippen molar-refractivity contribution in [3.63, 3.8) is 0 Å². The van der Waals surface area contributed by atoms with Crippen LogP contribution in [0, 0.1) is 6.92 Å². The molecule has 0 radical (unpaired) electrons. The quantitative estimate of drug-likeness (QED) is 0.768. The average Bonchev–Trinajstić information content (AvgIpc) is 3.01. The molecule has 0 unspecified atom stereocenters. The molecule has 0 aliphatic rings. The second-order valence-electron chi connectivity index (χ2n) is 6.37. The fourth-order valence-electron chi connectivity index (χ4n) is 2.63. The Morgan fingerprint density at radius 3 is 2.60 bits per heavy atom. The predicted molar refractivity (Wildman–Crippen MR) is 96.9 cm³/mol. The highest BCUT2D eigenvalue weighted by molar-refractivity contribution is 5.91. The number of anilines is 1. The van der Waals surface area contributed by atoms with E-state index in [0.717, 1.165) is 17.8 Å². The van der Waals surface area contributed by atoms with Crippen LogP contribution >= 0.6 is 0 Å². The molecule has 0 bridgehead atoms. The van der Waals surface area contributed by atoms with E-state index in [-0.39, 0.29) is 17.8 Å². The largest absolute Gasteiger partial charge is 0.378 e. The summed E-state index contributed by atoms with van der Waals surface area (Å²) >= 11 is 0. The van der Waals surface area contributed by atoms with Gasteiger partial charge < -0.3 is 10.2 Å². The molecular formula is C18H22N6O. The Labute approximate surface area is 146 Å². The van der Waals surface area contributed by atoms with Crippen LogP contribution in [0.15, 0.2) is 36.5 Å². The van der Waals surface area contributed by atoms with E-state index in [1.807, 2.05) is 34.0 Å². The van der Waals surface area contributed by atoms with Gasteiger partial charge in [-0.25, -0.2) is 9.50 Å². The maximum atomic E-state index is 12.4. The van der Waals surface area contributed by atoms with E-state index in [9.17, 15) is 4.79 Å². The van der Waals surface area contributed by atoms with Crippen LogP contribution in [0.3, 0.4) is 0 Å². The van der Waals surface area contributed by atoms with Gasteiger partial charge in [-0.05, 0) is 44.0 Å². The second-order valence-corrected chi connectivity index (χ2v) is 6.37. The third kappa shape index (κ3) is 3.76. The summed E-state index contributed by atoms with van der Waals surface area (Å²) < 4.78 is 1.57. The first-order valence-corrected chi connectivity index (χ1v) is 8.19. The summed E-state index contributed by atoms with van der Waals surface area (Å²) in [6, 6.07) is 10.1. The number of amides is 1. The number of aryl methyl sites for hydroxylation is 1. The lowest BCUT2D eigenvalue weighted by Crippen LogP contribution is -2.34. The van der Waals surface area contributed by atoms with Crippen LogP contribution in [0.1, 0.15) is 28.8 Å². The minimum Gasteiger partial charge on any atom is -0.378 e. The van der Waals surface area contributed by atoms with Crippen LogP contribution in [0.5, 0.6) is 0 Å². The van der Waals surface area contributed by atoms with E-state index < -0.39 is 0 Å². The molecule has 0 fully saturated rings. The van der Waals surface area contributed by atoms with Crippen LogP contribution in [-0.4, -0.2) is 45.6 Å². The van der Waals surface area contributed by atoms with Crippen LogP contribution < -0.4 is 10.2 Å². The van der Waals surface area contributed by atoms with Crippen molar-refractivity contribution in [3.8, 4) is 0 Å². The lowest BCUT2D eigenvalue weighted by Gasteiger charge is -2.15. The SMILES string of the molecule is Cc1ccnc2nc(C(=O)N[C@@H](C)Cc3ccc(N(C)C)cc3)nn12. The number of carbonyl (C=O) groups is 1. The number of nitrogens with zero attached hydrogens (tertiary/aromatic N) is 5. The van der Waals surface area contributed by atoms with E-state index in [0.29, 0.717) is 5.78 Å². The van der Waals surface area contributed by atoms with Gasteiger partial charge >= 0.3 is 0 Å². The molecule has 1 aromatic carbocycles. The Kier molecular flexibility index (Phi) is 4.65. The number of hydrogen-bond acceptors (Lipinski definition) is 5. The molecule has 3 rings (SSSR count). The normalized spacial score (nSPS) is 12.2. The summed E-state index contributed by atoms with van der Waals surface area (Å²) in [5, 5.41) is 7.18. The molecular weight excluding hydrogens is 316 g/mol. The molecule has 3 aromatic rings. The lowest BCUT2D eigenvalue weighted by atomic mass is 10.1. The van der Waals surface area contributed by atoms with Crippen LogP contribution in [-0.2, 0) is 6.42 Å². The summed E-state index contributed by atoms with van der Waals surface area (Å²) in [6.45, 7) is 3.86. The number of rotatable bonds is 5. The zero-order valence-corrected chi connectivity index (χ0v) is 14.9. The number of nitrogens with one attached hydrogen (secondary N) is 1. The average molecular weight is 338 g/mol. The van der Waals surface area contributed by atoms with E-state index in [4.69, 9.17) is 0 Å². The molecule has 0 saturated carbocycles. The van der Waals surface area contributed by atoms with E-state index in [1.165, 1.54) is 5.56 Å². The fraction of sp³-hybridized carbons (Fsp3) is 0.333. The zero-order valence-electron chi connectivity index (χ0n) is 14.9. The predicted octanol–water partition coefficient (Wildman–Crippen LogP) is 1.86. The fourth-order valence-corrected chi connectivity index (χ4v) is 2.63. The Hall–Kier alpha value is -2.96. The maximum Gasteiger partial charge on any atom is 0.291 e. The molecule has 1 N–H and O–H groups in total. The number of carbonyl (C=O) groups excluding carboxylic acids is 1. The molecule has 2 aromatic heterocycles. The Morgan fingerprint density at radius 2 is 1.96 bits per heavy atom. The van der Waals surface area contributed by atoms with Crippen molar-refractivity contribution in [2.24, 2.45) is 0 Å². The third-order valence-electron chi connectivity index (χ3n) is 4.01. The van der Waals surface area contributed by atoms with Gasteiger partial charge in [-0.3, -0.25) is 4.79 Å². The molecule has 25 heavy (non-hydrogen) atoms. The van der Waals surface area contributed by atoms with Crippen LogP contribution in [0.25, 0.3) is 5.78 Å². The Bertz CT molecular complexity index is 884. The van der Waals surface area contributed by atoms with E-state index >= 15 is 0 Å². The van der Waals surface area contributed by atoms with Crippen molar-refractivity contribution in [1.29, 1.82) is 0 Å². The van der Waals surface area contributed by atoms with Crippen molar-refractivity contribution in [1.82, 2.24) is 24.9 Å². The maximum absolute atomic E-state index is 12.4. The molecule has 1 amide bonds. The molecule has 130 valence electrons. The van der Waals surface area contributed by atoms with Gasteiger partial charge in [0, 0.05) is 37.7 Å². The highest BCUT2D eigenvalue weighted by atomic mass is 16.2. The summed E-state index contributed by atoms with van der Waals surface area (Å²) in [6.07, 6.45) is 2.39. The first-order valence-electron chi connectivity index (χ1n) is 8.19. The standard InChI is InChI=1S/C18H22N6O/c1-12(11-14-5-7-15(8-6-14)23(3)4)20-17(25)16-21-18-19-10-9-13(2)24(18)22-16/h5-10,12H,11H2,1-4H3,(H,20,25)/t12-/m0/s1. The smallest absolute Gasteiger partial charge is 0.291 e. The molecule has 0 spiro atoms. The summed E-state index contributed by atoms with van der Waals surface area (Å²) in [7, 11) is 4.02. The zero-order chi connectivity index (χ0) is 18.0. The lowest BCUT2D eigenvalue weighted by molar-refractivity contribution is 0.0930. The number of benzene rings is 1. The summed E-state index contributed by atoms with van der Waals surface area (Å²) in [5.41, 5.74) is 3.20. The summed E-state index contributed by atoms with van der Waals surface area (Å²) in [4.78, 5) is 22.7. The van der Waals surface area contributed by atoms with Gasteiger partial charge in [-0.1, -0.05) is 12.1 Å². The van der Waals surface area contributed by atoms with Crippen LogP contribution in [0.2, 0.25) is 0 Å². The number of fused-ring (bicyclic) bond motifs is 1. The molecule has 1 atom stereocenters. The topological polar surface area (TPSA) is 75.4 Å². The van der Waals surface area contributed by atoms with Gasteiger partial charge in [0.25, 0.3) is 11.7 Å². The molecule has 7 nitrogen and oxygen atoms in total. The van der Waals surface area contributed by atoms with E-state index in [1.54, 1.807) is 10.7 Å². The van der Waals surface area contributed by atoms with Crippen molar-refractivity contribution in [2.75, 3.05) is 19.0 Å². The second kappa shape index (κ2) is 6.88. The van der Waals surface area contributed by atoms with Crippen molar-refractivity contribution < 1.29 is 4.79 Å². The van der Waals surface area contributed by atoms with Gasteiger partial charge in [0.15, 0.2) is 0 Å². The molecule has 0 aliphatic heterocycles. The van der Waals surface area contributed by atoms with E-state index in [2.05, 4.69) is 49.5 Å². The van der Waals surface area contributed by atoms with Crippen molar-refractivity contribution >= 4 is 17.4 Å². The summed E-state index contributed by atoms with van der Waals surface area (Å²) in [5.74, 6) is 0.274. The van der Waals surface area contributed by atoms with Gasteiger partial charge in [0.1, 0.15) is 0 Å². The van der Waals surface area contributed by atoms with Gasteiger partial charge in [0.05, 0.1) is 0 Å². The highest BCUT2D eigenvalue weighted by Gasteiger charge is 2.16. The molecule has 7 heteroatoms. The minimum absolute atomic E-state index is 0.0293.